The molecule has 1 aromatic carbocycles. The van der Waals surface area contributed by atoms with E-state index in [-0.39, 0.29) is 11.8 Å². The number of nitrogens with one attached hydrogen (secondary N) is 1. The zero-order chi connectivity index (χ0) is 13.5. The highest BCUT2D eigenvalue weighted by Crippen LogP contribution is 2.22. The first-order valence-corrected chi connectivity index (χ1v) is 6.55. The van der Waals surface area contributed by atoms with E-state index in [1.165, 1.54) is 12.1 Å². The lowest BCUT2D eigenvalue weighted by Gasteiger charge is -2.09. The molecule has 0 aliphatic heterocycles. The third-order valence-corrected chi connectivity index (χ3v) is 3.03. The summed E-state index contributed by atoms with van der Waals surface area (Å²) in [6.07, 6.45) is 0.234. The third kappa shape index (κ3) is 5.12. The molecule has 0 aliphatic rings. The predicted octanol–water partition coefficient (Wildman–Crippen LogP) is 2.87. The van der Waals surface area contributed by atoms with Crippen molar-refractivity contribution in [2.75, 3.05) is 13.2 Å². The molecule has 0 saturated heterocycles. The minimum absolute atomic E-state index is 0.0915. The van der Waals surface area contributed by atoms with Crippen LogP contribution in [0.15, 0.2) is 22.7 Å². The number of rotatable bonds is 7. The SMILES string of the molecule is CC(C)OCCNCc1ccc([N+](=O)[O-])cc1Br. The predicted molar refractivity (Wildman–Crippen MR) is 73.6 cm³/mol. The van der Waals surface area contributed by atoms with Crippen molar-refractivity contribution in [1.29, 1.82) is 0 Å². The van der Waals surface area contributed by atoms with E-state index < -0.39 is 4.92 Å². The van der Waals surface area contributed by atoms with Crippen LogP contribution in [0.3, 0.4) is 0 Å². The van der Waals surface area contributed by atoms with E-state index in [9.17, 15) is 10.1 Å². The first-order chi connectivity index (χ1) is 8.50. The van der Waals surface area contributed by atoms with Crippen LogP contribution in [-0.2, 0) is 11.3 Å². The number of non-ortho nitro benzene ring substituents is 1. The summed E-state index contributed by atoms with van der Waals surface area (Å²) in [5.74, 6) is 0. The number of nitro benzene ring substituents is 1. The fourth-order valence-corrected chi connectivity index (χ4v) is 1.89. The number of hydrogen-bond acceptors (Lipinski definition) is 4. The summed E-state index contributed by atoms with van der Waals surface area (Å²) in [7, 11) is 0. The van der Waals surface area contributed by atoms with Crippen LogP contribution >= 0.6 is 15.9 Å². The van der Waals surface area contributed by atoms with Gasteiger partial charge in [-0.05, 0) is 25.5 Å². The van der Waals surface area contributed by atoms with E-state index in [1.807, 2.05) is 13.8 Å². The quantitative estimate of drug-likeness (QED) is 0.477. The topological polar surface area (TPSA) is 64.4 Å². The van der Waals surface area contributed by atoms with Crippen molar-refractivity contribution in [3.8, 4) is 0 Å². The molecule has 1 aromatic rings. The monoisotopic (exact) mass is 316 g/mol. The van der Waals surface area contributed by atoms with Gasteiger partial charge in [0.25, 0.3) is 5.69 Å². The molecule has 18 heavy (non-hydrogen) atoms. The van der Waals surface area contributed by atoms with E-state index >= 15 is 0 Å². The molecule has 0 amide bonds. The van der Waals surface area contributed by atoms with Gasteiger partial charge in [0.05, 0.1) is 17.6 Å². The Morgan fingerprint density at radius 1 is 1.50 bits per heavy atom. The molecule has 1 N–H and O–H groups in total. The summed E-state index contributed by atoms with van der Waals surface area (Å²) in [5, 5.41) is 13.8. The largest absolute Gasteiger partial charge is 0.377 e. The maximum atomic E-state index is 10.6. The van der Waals surface area contributed by atoms with Crippen LogP contribution in [0.2, 0.25) is 0 Å². The van der Waals surface area contributed by atoms with Gasteiger partial charge in [-0.3, -0.25) is 10.1 Å². The Morgan fingerprint density at radius 2 is 2.22 bits per heavy atom. The highest BCUT2D eigenvalue weighted by atomic mass is 79.9. The van der Waals surface area contributed by atoms with Gasteiger partial charge < -0.3 is 10.1 Å². The van der Waals surface area contributed by atoms with Crippen LogP contribution in [-0.4, -0.2) is 24.2 Å². The fourth-order valence-electron chi connectivity index (χ4n) is 1.38. The standard InChI is InChI=1S/C12H17BrN2O3/c1-9(2)18-6-5-14-8-10-3-4-11(15(16)17)7-12(10)13/h3-4,7,9,14H,5-6,8H2,1-2H3. The van der Waals surface area contributed by atoms with Gasteiger partial charge in [0.1, 0.15) is 0 Å². The summed E-state index contributed by atoms with van der Waals surface area (Å²) in [5.41, 5.74) is 1.08. The Balaban J connectivity index is 2.41. The second kappa shape index (κ2) is 7.45. The third-order valence-electron chi connectivity index (χ3n) is 2.29. The molecule has 0 saturated carbocycles. The average Bonchev–Trinajstić information content (AvgIpc) is 2.29. The Morgan fingerprint density at radius 3 is 2.78 bits per heavy atom. The Kier molecular flexibility index (Phi) is 6.24. The maximum absolute atomic E-state index is 10.6. The molecule has 0 atom stereocenters. The van der Waals surface area contributed by atoms with Gasteiger partial charge in [-0.2, -0.15) is 0 Å². The lowest BCUT2D eigenvalue weighted by molar-refractivity contribution is -0.384. The molecular formula is C12H17BrN2O3. The zero-order valence-corrected chi connectivity index (χ0v) is 12.1. The number of ether oxygens (including phenoxy) is 1. The van der Waals surface area contributed by atoms with Gasteiger partial charge in [0.15, 0.2) is 0 Å². The van der Waals surface area contributed by atoms with Crippen molar-refractivity contribution in [3.05, 3.63) is 38.3 Å². The van der Waals surface area contributed by atoms with Crippen molar-refractivity contribution in [2.24, 2.45) is 0 Å². The summed E-state index contributed by atoms with van der Waals surface area (Å²) in [4.78, 5) is 10.2. The second-order valence-corrected chi connectivity index (χ2v) is 4.98. The molecule has 0 aliphatic carbocycles. The van der Waals surface area contributed by atoms with E-state index in [4.69, 9.17) is 4.74 Å². The van der Waals surface area contributed by atoms with Crippen LogP contribution in [0.4, 0.5) is 5.69 Å². The first-order valence-electron chi connectivity index (χ1n) is 5.76. The molecule has 0 spiro atoms. The van der Waals surface area contributed by atoms with Crippen LogP contribution < -0.4 is 5.32 Å². The van der Waals surface area contributed by atoms with Gasteiger partial charge in [-0.15, -0.1) is 0 Å². The highest BCUT2D eigenvalue weighted by molar-refractivity contribution is 9.10. The molecule has 0 unspecified atom stereocenters. The van der Waals surface area contributed by atoms with Gasteiger partial charge in [-0.25, -0.2) is 0 Å². The zero-order valence-electron chi connectivity index (χ0n) is 10.5. The van der Waals surface area contributed by atoms with E-state index in [1.54, 1.807) is 6.07 Å². The number of nitro groups is 1. The molecule has 100 valence electrons. The second-order valence-electron chi connectivity index (χ2n) is 4.13. The van der Waals surface area contributed by atoms with Crippen LogP contribution in [0.5, 0.6) is 0 Å². The van der Waals surface area contributed by atoms with Gasteiger partial charge >= 0.3 is 0 Å². The smallest absolute Gasteiger partial charge is 0.270 e. The maximum Gasteiger partial charge on any atom is 0.270 e. The van der Waals surface area contributed by atoms with E-state index in [0.29, 0.717) is 13.2 Å². The molecule has 0 bridgehead atoms. The van der Waals surface area contributed by atoms with Gasteiger partial charge in [-0.1, -0.05) is 15.9 Å². The van der Waals surface area contributed by atoms with Crippen molar-refractivity contribution in [3.63, 3.8) is 0 Å². The van der Waals surface area contributed by atoms with Crippen LogP contribution in [0, 0.1) is 10.1 Å². The Hall–Kier alpha value is -0.980. The molecule has 1 rings (SSSR count). The summed E-state index contributed by atoms with van der Waals surface area (Å²) in [6.45, 7) is 6.05. The minimum Gasteiger partial charge on any atom is -0.377 e. The molecule has 0 radical (unpaired) electrons. The van der Waals surface area contributed by atoms with E-state index in [0.717, 1.165) is 16.6 Å². The average molecular weight is 317 g/mol. The van der Waals surface area contributed by atoms with Crippen molar-refractivity contribution < 1.29 is 9.66 Å². The van der Waals surface area contributed by atoms with Crippen molar-refractivity contribution in [1.82, 2.24) is 5.32 Å². The summed E-state index contributed by atoms with van der Waals surface area (Å²) < 4.78 is 6.14. The van der Waals surface area contributed by atoms with Gasteiger partial charge in [0, 0.05) is 29.7 Å². The van der Waals surface area contributed by atoms with Crippen LogP contribution in [0.1, 0.15) is 19.4 Å². The van der Waals surface area contributed by atoms with Crippen molar-refractivity contribution >= 4 is 21.6 Å². The molecule has 0 aromatic heterocycles. The van der Waals surface area contributed by atoms with Crippen molar-refractivity contribution in [2.45, 2.75) is 26.5 Å². The van der Waals surface area contributed by atoms with E-state index in [2.05, 4.69) is 21.2 Å². The minimum atomic E-state index is -0.404. The first kappa shape index (κ1) is 15.1. The molecular weight excluding hydrogens is 300 g/mol. The van der Waals surface area contributed by atoms with Gasteiger partial charge in [0.2, 0.25) is 0 Å². The fraction of sp³-hybridized carbons (Fsp3) is 0.500. The molecule has 5 nitrogen and oxygen atoms in total. The normalized spacial score (nSPS) is 10.9. The number of nitrogens with zero attached hydrogens (tertiary/aromatic N) is 1. The Labute approximate surface area is 115 Å². The lowest BCUT2D eigenvalue weighted by atomic mass is 10.2. The number of hydrogen-bond donors (Lipinski definition) is 1. The summed E-state index contributed by atoms with van der Waals surface area (Å²) >= 11 is 3.33. The molecule has 0 heterocycles. The van der Waals surface area contributed by atoms with Crippen LogP contribution in [0.25, 0.3) is 0 Å². The number of halogens is 1. The molecule has 0 fully saturated rings. The highest BCUT2D eigenvalue weighted by Gasteiger charge is 2.08. The Bertz CT molecular complexity index is 410. The summed E-state index contributed by atoms with van der Waals surface area (Å²) in [6, 6.07) is 4.77. The molecule has 6 heteroatoms. The number of benzene rings is 1. The lowest BCUT2D eigenvalue weighted by Crippen LogP contribution is -2.21.